The van der Waals surface area contributed by atoms with Crippen LogP contribution >= 0.6 is 11.6 Å². The van der Waals surface area contributed by atoms with Gasteiger partial charge in [-0.3, -0.25) is 14.5 Å². The molecule has 1 heterocycles. The van der Waals surface area contributed by atoms with Crippen LogP contribution in [0.5, 0.6) is 0 Å². The Morgan fingerprint density at radius 1 is 0.850 bits per heavy atom. The molecule has 1 aromatic carbocycles. The number of nitrogens with zero attached hydrogens (tertiary/aromatic N) is 1. The minimum absolute atomic E-state index is 0.0279. The van der Waals surface area contributed by atoms with Crippen molar-refractivity contribution >= 4 is 29.1 Å². The molecule has 3 nitrogen and oxygen atoms in total. The van der Waals surface area contributed by atoms with Crippen LogP contribution in [0.1, 0.15) is 12.8 Å². The van der Waals surface area contributed by atoms with E-state index in [-0.39, 0.29) is 23.7 Å². The van der Waals surface area contributed by atoms with Crippen molar-refractivity contribution in [3.05, 3.63) is 29.3 Å². The minimum atomic E-state index is -0.0353. The molecule has 0 spiro atoms. The van der Waals surface area contributed by atoms with Gasteiger partial charge in [0, 0.05) is 5.02 Å². The molecule has 5 rings (SSSR count). The molecule has 1 aromatic rings. The molecule has 0 radical (unpaired) electrons. The molecule has 3 aliphatic carbocycles. The predicted octanol–water partition coefficient (Wildman–Crippen LogP) is 2.73. The molecular weight excluding hydrogens is 274 g/mol. The number of carbonyl (C=O) groups excluding carboxylic acids is 2. The van der Waals surface area contributed by atoms with Crippen molar-refractivity contribution in [2.75, 3.05) is 4.90 Å². The first-order valence-electron chi connectivity index (χ1n) is 7.30. The molecule has 0 N–H and O–H groups in total. The molecule has 20 heavy (non-hydrogen) atoms. The third kappa shape index (κ3) is 1.19. The first kappa shape index (κ1) is 11.3. The molecule has 4 fully saturated rings. The lowest BCUT2D eigenvalue weighted by molar-refractivity contribution is -0.123. The van der Waals surface area contributed by atoms with Gasteiger partial charge < -0.3 is 0 Å². The summed E-state index contributed by atoms with van der Waals surface area (Å²) in [6.07, 6.45) is 2.36. The van der Waals surface area contributed by atoms with Crippen molar-refractivity contribution < 1.29 is 9.59 Å². The summed E-state index contributed by atoms with van der Waals surface area (Å²) in [4.78, 5) is 26.8. The predicted molar refractivity (Wildman–Crippen MR) is 74.1 cm³/mol. The van der Waals surface area contributed by atoms with Crippen LogP contribution in [0.2, 0.25) is 5.02 Å². The van der Waals surface area contributed by atoms with Crippen molar-refractivity contribution in [2.24, 2.45) is 35.5 Å². The van der Waals surface area contributed by atoms with Crippen LogP contribution in [0.25, 0.3) is 0 Å². The second-order valence-corrected chi connectivity index (χ2v) is 7.10. The van der Waals surface area contributed by atoms with Crippen LogP contribution in [0.15, 0.2) is 24.3 Å². The molecule has 0 aromatic heterocycles. The van der Waals surface area contributed by atoms with Gasteiger partial charge in [-0.25, -0.2) is 0 Å². The van der Waals surface area contributed by atoms with Gasteiger partial charge in [0.05, 0.1) is 17.5 Å². The highest BCUT2D eigenvalue weighted by molar-refractivity contribution is 6.30. The van der Waals surface area contributed by atoms with E-state index in [0.717, 1.165) is 18.3 Å². The number of benzene rings is 1. The van der Waals surface area contributed by atoms with Crippen molar-refractivity contribution in [1.82, 2.24) is 0 Å². The van der Waals surface area contributed by atoms with E-state index >= 15 is 0 Å². The van der Waals surface area contributed by atoms with E-state index in [0.29, 0.717) is 22.5 Å². The van der Waals surface area contributed by atoms with Crippen LogP contribution < -0.4 is 4.90 Å². The number of anilines is 1. The molecule has 6 atom stereocenters. The Kier molecular flexibility index (Phi) is 1.95. The number of hydrogen-bond donors (Lipinski definition) is 0. The third-order valence-corrected chi connectivity index (χ3v) is 6.19. The minimum Gasteiger partial charge on any atom is -0.274 e. The molecule has 102 valence electrons. The fourth-order valence-corrected chi connectivity index (χ4v) is 5.29. The molecule has 1 aliphatic heterocycles. The quantitative estimate of drug-likeness (QED) is 0.745. The number of carbonyl (C=O) groups is 2. The highest BCUT2D eigenvalue weighted by Gasteiger charge is 2.71. The maximum atomic E-state index is 12.7. The average molecular weight is 288 g/mol. The highest BCUT2D eigenvalue weighted by atomic mass is 35.5. The van der Waals surface area contributed by atoms with Crippen molar-refractivity contribution in [2.45, 2.75) is 12.8 Å². The first-order chi connectivity index (χ1) is 9.66. The molecule has 2 bridgehead atoms. The lowest BCUT2D eigenvalue weighted by atomic mass is 9.81. The molecule has 4 aliphatic rings. The standard InChI is InChI=1S/C16H14ClNO2/c17-7-1-3-8(4-2-7)18-15(19)13-11-6-12(10-5-9(10)11)14(13)16(18)20/h1-4,9-14H,5-6H2. The van der Waals surface area contributed by atoms with Crippen LogP contribution in [0.4, 0.5) is 5.69 Å². The lowest BCUT2D eigenvalue weighted by Crippen LogP contribution is -2.33. The van der Waals surface area contributed by atoms with Crippen LogP contribution in [0, 0.1) is 35.5 Å². The summed E-state index contributed by atoms with van der Waals surface area (Å²) in [5, 5.41) is 0.620. The number of imide groups is 1. The zero-order valence-corrected chi connectivity index (χ0v) is 11.6. The van der Waals surface area contributed by atoms with Gasteiger partial charge in [-0.05, 0) is 60.8 Å². The van der Waals surface area contributed by atoms with Gasteiger partial charge in [0.1, 0.15) is 0 Å². The number of rotatable bonds is 1. The molecule has 4 heteroatoms. The Morgan fingerprint density at radius 3 is 1.90 bits per heavy atom. The summed E-state index contributed by atoms with van der Waals surface area (Å²) in [6, 6.07) is 7.00. The summed E-state index contributed by atoms with van der Waals surface area (Å²) in [6.45, 7) is 0. The van der Waals surface area contributed by atoms with E-state index in [4.69, 9.17) is 11.6 Å². The van der Waals surface area contributed by atoms with Gasteiger partial charge >= 0.3 is 0 Å². The van der Waals surface area contributed by atoms with E-state index in [1.165, 1.54) is 11.3 Å². The van der Waals surface area contributed by atoms with Crippen LogP contribution in [0.3, 0.4) is 0 Å². The maximum absolute atomic E-state index is 12.7. The zero-order valence-electron chi connectivity index (χ0n) is 10.8. The Bertz CT molecular complexity index is 608. The van der Waals surface area contributed by atoms with Gasteiger partial charge in [0.25, 0.3) is 0 Å². The highest BCUT2D eigenvalue weighted by Crippen LogP contribution is 2.71. The molecule has 6 unspecified atom stereocenters. The smallest absolute Gasteiger partial charge is 0.237 e. The topological polar surface area (TPSA) is 37.4 Å². The second kappa shape index (κ2) is 3.45. The van der Waals surface area contributed by atoms with Gasteiger partial charge in [0.2, 0.25) is 11.8 Å². The number of hydrogen-bond acceptors (Lipinski definition) is 2. The lowest BCUT2D eigenvalue weighted by Gasteiger charge is -2.18. The fraction of sp³-hybridized carbons (Fsp3) is 0.500. The van der Waals surface area contributed by atoms with E-state index in [1.54, 1.807) is 24.3 Å². The summed E-state index contributed by atoms with van der Waals surface area (Å²) in [5.41, 5.74) is 0.673. The van der Waals surface area contributed by atoms with Gasteiger partial charge in [-0.1, -0.05) is 11.6 Å². The number of fused-ring (bicyclic) bond motifs is 8. The number of amides is 2. The van der Waals surface area contributed by atoms with Crippen molar-refractivity contribution in [3.8, 4) is 0 Å². The Labute approximate surface area is 121 Å². The molecular formula is C16H14ClNO2. The Morgan fingerprint density at radius 2 is 1.35 bits per heavy atom. The van der Waals surface area contributed by atoms with Crippen LogP contribution in [-0.2, 0) is 9.59 Å². The van der Waals surface area contributed by atoms with E-state index in [1.807, 2.05) is 0 Å². The van der Waals surface area contributed by atoms with E-state index in [2.05, 4.69) is 0 Å². The summed E-state index contributed by atoms with van der Waals surface area (Å²) in [5.74, 6) is 2.41. The Hall–Kier alpha value is -1.35. The normalized spacial score (nSPS) is 44.0. The SMILES string of the molecule is O=C1C2C3CC(C4CC43)C2C(=O)N1c1ccc(Cl)cc1. The summed E-state index contributed by atoms with van der Waals surface area (Å²) >= 11 is 5.88. The number of halogens is 1. The Balaban J connectivity index is 1.56. The van der Waals surface area contributed by atoms with Crippen molar-refractivity contribution in [3.63, 3.8) is 0 Å². The molecule has 2 amide bonds. The summed E-state index contributed by atoms with van der Waals surface area (Å²) < 4.78 is 0. The maximum Gasteiger partial charge on any atom is 0.237 e. The molecule has 1 saturated heterocycles. The van der Waals surface area contributed by atoms with E-state index in [9.17, 15) is 9.59 Å². The van der Waals surface area contributed by atoms with Crippen molar-refractivity contribution in [1.29, 1.82) is 0 Å². The second-order valence-electron chi connectivity index (χ2n) is 6.67. The van der Waals surface area contributed by atoms with E-state index < -0.39 is 0 Å². The third-order valence-electron chi connectivity index (χ3n) is 5.94. The first-order valence-corrected chi connectivity index (χ1v) is 7.68. The van der Waals surface area contributed by atoms with Crippen LogP contribution in [-0.4, -0.2) is 11.8 Å². The zero-order chi connectivity index (χ0) is 13.6. The van der Waals surface area contributed by atoms with Gasteiger partial charge in [-0.15, -0.1) is 0 Å². The monoisotopic (exact) mass is 287 g/mol. The fourth-order valence-electron chi connectivity index (χ4n) is 5.17. The largest absolute Gasteiger partial charge is 0.274 e. The average Bonchev–Trinajstić information content (AvgIpc) is 2.96. The summed E-state index contributed by atoms with van der Waals surface area (Å²) in [7, 11) is 0. The molecule has 3 saturated carbocycles. The van der Waals surface area contributed by atoms with Gasteiger partial charge in [0.15, 0.2) is 0 Å². The van der Waals surface area contributed by atoms with Gasteiger partial charge in [-0.2, -0.15) is 0 Å².